The van der Waals surface area contributed by atoms with Crippen LogP contribution in [0.5, 0.6) is 5.75 Å². The molecule has 0 aliphatic heterocycles. The standard InChI is InChI=1S/C16H24FNO7/c17-5-6-21-7-8-22-9-10-23-11-12-24-13-14-25-16-3-1-15(2-4-16)18(19)20/h1-4H,5-14H2. The molecule has 0 aliphatic rings. The molecule has 0 aromatic heterocycles. The van der Waals surface area contributed by atoms with Gasteiger partial charge in [-0.15, -0.1) is 0 Å². The van der Waals surface area contributed by atoms with Crippen molar-refractivity contribution in [2.24, 2.45) is 0 Å². The van der Waals surface area contributed by atoms with Crippen molar-refractivity contribution in [1.29, 1.82) is 0 Å². The average molecular weight is 361 g/mol. The van der Waals surface area contributed by atoms with E-state index < -0.39 is 11.6 Å². The lowest BCUT2D eigenvalue weighted by atomic mass is 10.3. The third-order valence-corrected chi connectivity index (χ3v) is 2.88. The van der Waals surface area contributed by atoms with Crippen LogP contribution in [0.3, 0.4) is 0 Å². The Morgan fingerprint density at radius 2 is 1.20 bits per heavy atom. The molecule has 0 saturated heterocycles. The van der Waals surface area contributed by atoms with E-state index >= 15 is 0 Å². The summed E-state index contributed by atoms with van der Waals surface area (Å²) in [4.78, 5) is 10.1. The predicted octanol–water partition coefficient (Wildman–Crippen LogP) is 2.01. The highest BCUT2D eigenvalue weighted by molar-refractivity contribution is 5.35. The number of non-ortho nitro benzene ring substituents is 1. The Morgan fingerprint density at radius 3 is 1.64 bits per heavy atom. The second-order valence-corrected chi connectivity index (χ2v) is 4.74. The van der Waals surface area contributed by atoms with E-state index in [2.05, 4.69) is 0 Å². The fourth-order valence-corrected chi connectivity index (χ4v) is 1.70. The van der Waals surface area contributed by atoms with Gasteiger partial charge in [0.1, 0.15) is 19.0 Å². The van der Waals surface area contributed by atoms with Crippen LogP contribution in [0.25, 0.3) is 0 Å². The molecule has 1 aromatic rings. The maximum absolute atomic E-state index is 11.7. The lowest BCUT2D eigenvalue weighted by molar-refractivity contribution is -0.384. The number of benzene rings is 1. The quantitative estimate of drug-likeness (QED) is 0.253. The van der Waals surface area contributed by atoms with Gasteiger partial charge in [0.05, 0.1) is 57.8 Å². The number of ether oxygens (including phenoxy) is 5. The van der Waals surface area contributed by atoms with E-state index in [9.17, 15) is 14.5 Å². The van der Waals surface area contributed by atoms with E-state index in [4.69, 9.17) is 23.7 Å². The fraction of sp³-hybridized carbons (Fsp3) is 0.625. The van der Waals surface area contributed by atoms with Crippen LogP contribution >= 0.6 is 0 Å². The summed E-state index contributed by atoms with van der Waals surface area (Å²) in [7, 11) is 0. The molecule has 0 fully saturated rings. The van der Waals surface area contributed by atoms with Crippen LogP contribution in [0.1, 0.15) is 0 Å². The summed E-state index contributed by atoms with van der Waals surface area (Å²) >= 11 is 0. The first kappa shape index (κ1) is 21.2. The van der Waals surface area contributed by atoms with Crippen LogP contribution < -0.4 is 4.74 Å². The minimum absolute atomic E-state index is 0.0250. The summed E-state index contributed by atoms with van der Waals surface area (Å²) in [5.41, 5.74) is 0.0250. The number of hydrogen-bond acceptors (Lipinski definition) is 7. The number of nitro benzene ring substituents is 1. The van der Waals surface area contributed by atoms with Gasteiger partial charge in [-0.25, -0.2) is 4.39 Å². The molecule has 142 valence electrons. The fourth-order valence-electron chi connectivity index (χ4n) is 1.70. The molecular formula is C16H24FNO7. The molecule has 0 radical (unpaired) electrons. The molecule has 0 spiro atoms. The molecule has 0 aliphatic carbocycles. The van der Waals surface area contributed by atoms with Crippen molar-refractivity contribution in [3.8, 4) is 5.75 Å². The lowest BCUT2D eigenvalue weighted by Gasteiger charge is -2.08. The van der Waals surface area contributed by atoms with E-state index in [0.717, 1.165) is 0 Å². The molecule has 8 nitrogen and oxygen atoms in total. The monoisotopic (exact) mass is 361 g/mol. The second kappa shape index (κ2) is 14.5. The molecule has 0 amide bonds. The average Bonchev–Trinajstić information content (AvgIpc) is 2.62. The van der Waals surface area contributed by atoms with Crippen molar-refractivity contribution < 1.29 is 33.0 Å². The third kappa shape index (κ3) is 11.4. The van der Waals surface area contributed by atoms with Crippen LogP contribution in [0.15, 0.2) is 24.3 Å². The van der Waals surface area contributed by atoms with Gasteiger partial charge in [-0.05, 0) is 12.1 Å². The molecule has 1 rings (SSSR count). The Labute approximate surface area is 145 Å². The Kier molecular flexibility index (Phi) is 12.3. The summed E-state index contributed by atoms with van der Waals surface area (Å²) in [6, 6.07) is 5.87. The van der Waals surface area contributed by atoms with Gasteiger partial charge in [0, 0.05) is 12.1 Å². The smallest absolute Gasteiger partial charge is 0.269 e. The van der Waals surface area contributed by atoms with E-state index in [0.29, 0.717) is 58.6 Å². The molecule has 9 heteroatoms. The van der Waals surface area contributed by atoms with Gasteiger partial charge in [-0.3, -0.25) is 10.1 Å². The Hall–Kier alpha value is -1.81. The largest absolute Gasteiger partial charge is 0.491 e. The van der Waals surface area contributed by atoms with Crippen LogP contribution in [0.4, 0.5) is 10.1 Å². The van der Waals surface area contributed by atoms with Crippen molar-refractivity contribution >= 4 is 5.69 Å². The summed E-state index contributed by atoms with van der Waals surface area (Å²) in [5.74, 6) is 0.554. The SMILES string of the molecule is O=[N+]([O-])c1ccc(OCCOCCOCCOCCOCCF)cc1. The molecule has 0 N–H and O–H groups in total. The van der Waals surface area contributed by atoms with Crippen molar-refractivity contribution in [1.82, 2.24) is 0 Å². The number of nitrogens with zero attached hydrogens (tertiary/aromatic N) is 1. The van der Waals surface area contributed by atoms with Crippen LogP contribution in [0, 0.1) is 10.1 Å². The van der Waals surface area contributed by atoms with Crippen molar-refractivity contribution in [2.75, 3.05) is 66.1 Å². The number of hydrogen-bond donors (Lipinski definition) is 0. The maximum Gasteiger partial charge on any atom is 0.269 e. The summed E-state index contributed by atoms with van der Waals surface area (Å²) < 4.78 is 37.9. The first-order valence-corrected chi connectivity index (χ1v) is 7.98. The Bertz CT molecular complexity index is 458. The number of halogens is 1. The maximum atomic E-state index is 11.7. The van der Waals surface area contributed by atoms with Crippen molar-refractivity contribution in [2.45, 2.75) is 0 Å². The zero-order valence-corrected chi connectivity index (χ0v) is 14.1. The van der Waals surface area contributed by atoms with Gasteiger partial charge < -0.3 is 23.7 Å². The van der Waals surface area contributed by atoms with Gasteiger partial charge in [-0.2, -0.15) is 0 Å². The van der Waals surface area contributed by atoms with E-state index in [1.807, 2.05) is 0 Å². The summed E-state index contributed by atoms with van der Waals surface area (Å²) in [6.45, 7) is 2.92. The summed E-state index contributed by atoms with van der Waals surface area (Å²) in [6.07, 6.45) is 0. The Morgan fingerprint density at radius 1 is 0.760 bits per heavy atom. The van der Waals surface area contributed by atoms with Crippen molar-refractivity contribution in [3.63, 3.8) is 0 Å². The topological polar surface area (TPSA) is 89.3 Å². The minimum atomic E-state index is -0.484. The zero-order chi connectivity index (χ0) is 18.2. The first-order valence-electron chi connectivity index (χ1n) is 7.98. The lowest BCUT2D eigenvalue weighted by Crippen LogP contribution is -2.14. The van der Waals surface area contributed by atoms with Gasteiger partial charge in [0.25, 0.3) is 5.69 Å². The van der Waals surface area contributed by atoms with Gasteiger partial charge in [-0.1, -0.05) is 0 Å². The van der Waals surface area contributed by atoms with Gasteiger partial charge in [0.2, 0.25) is 0 Å². The Balaban J connectivity index is 1.85. The van der Waals surface area contributed by atoms with E-state index in [-0.39, 0.29) is 12.3 Å². The molecule has 0 saturated carbocycles. The highest BCUT2D eigenvalue weighted by Crippen LogP contribution is 2.16. The van der Waals surface area contributed by atoms with Gasteiger partial charge >= 0.3 is 0 Å². The van der Waals surface area contributed by atoms with Crippen molar-refractivity contribution in [3.05, 3.63) is 34.4 Å². The van der Waals surface area contributed by atoms with Gasteiger partial charge in [0.15, 0.2) is 0 Å². The number of rotatable bonds is 16. The highest BCUT2D eigenvalue weighted by atomic mass is 19.1. The van der Waals surface area contributed by atoms with E-state index in [1.54, 1.807) is 12.1 Å². The minimum Gasteiger partial charge on any atom is -0.491 e. The number of nitro groups is 1. The normalized spacial score (nSPS) is 10.8. The second-order valence-electron chi connectivity index (χ2n) is 4.74. The molecule has 0 bridgehead atoms. The first-order chi connectivity index (χ1) is 12.2. The zero-order valence-electron chi connectivity index (χ0n) is 14.1. The molecule has 25 heavy (non-hydrogen) atoms. The summed E-state index contributed by atoms with van der Waals surface area (Å²) in [5, 5.41) is 10.5. The molecule has 0 atom stereocenters. The van der Waals surface area contributed by atoms with Crippen LogP contribution in [-0.4, -0.2) is 71.1 Å². The molecule has 0 unspecified atom stereocenters. The molecule has 1 aromatic carbocycles. The van der Waals surface area contributed by atoms with Crippen LogP contribution in [-0.2, 0) is 18.9 Å². The third-order valence-electron chi connectivity index (χ3n) is 2.88. The number of alkyl halides is 1. The van der Waals surface area contributed by atoms with Crippen LogP contribution in [0.2, 0.25) is 0 Å². The molecule has 0 heterocycles. The predicted molar refractivity (Wildman–Crippen MR) is 87.8 cm³/mol. The molecular weight excluding hydrogens is 337 g/mol. The highest BCUT2D eigenvalue weighted by Gasteiger charge is 2.04. The van der Waals surface area contributed by atoms with E-state index in [1.165, 1.54) is 12.1 Å².